The molecular weight excluding hydrogens is 286 g/mol. The number of hydrogen-bond acceptors (Lipinski definition) is 3. The number of nitrogens with two attached hydrogens (primary N) is 1. The molecule has 1 fully saturated rings. The van der Waals surface area contributed by atoms with Crippen LogP contribution in [0.1, 0.15) is 36.8 Å². The molecule has 1 aliphatic rings. The van der Waals surface area contributed by atoms with Gasteiger partial charge >= 0.3 is 0 Å². The highest BCUT2D eigenvalue weighted by atomic mass is 32.2. The highest BCUT2D eigenvalue weighted by molar-refractivity contribution is 7.86. The van der Waals surface area contributed by atoms with E-state index in [1.54, 1.807) is 11.4 Å². The fraction of sp³-hybridized carbons (Fsp3) is 0.600. The smallest absolute Gasteiger partial charge is 0.282 e. The third-order valence-electron chi connectivity index (χ3n) is 4.02. The second-order valence-corrected chi connectivity index (χ2v) is 7.59. The topological polar surface area (TPSA) is 66.6 Å². The average molecular weight is 311 g/mol. The molecule has 0 bridgehead atoms. The summed E-state index contributed by atoms with van der Waals surface area (Å²) in [6.07, 6.45) is 4.14. The van der Waals surface area contributed by atoms with Crippen LogP contribution < -0.4 is 5.73 Å². The molecule has 0 atom stereocenters. The van der Waals surface area contributed by atoms with E-state index in [0.717, 1.165) is 36.8 Å². The fourth-order valence-corrected chi connectivity index (χ4v) is 4.12. The highest BCUT2D eigenvalue weighted by Gasteiger charge is 2.27. The van der Waals surface area contributed by atoms with Crippen LogP contribution in [0, 0.1) is 0 Å². The Morgan fingerprint density at radius 3 is 2.24 bits per heavy atom. The van der Waals surface area contributed by atoms with Crippen molar-refractivity contribution in [3.8, 4) is 0 Å². The molecule has 118 valence electrons. The quantitative estimate of drug-likeness (QED) is 0.900. The third-order valence-corrected chi connectivity index (χ3v) is 5.95. The first-order valence-electron chi connectivity index (χ1n) is 7.54. The van der Waals surface area contributed by atoms with E-state index >= 15 is 0 Å². The van der Waals surface area contributed by atoms with Crippen molar-refractivity contribution in [2.45, 2.75) is 38.8 Å². The predicted octanol–water partition coefficient (Wildman–Crippen LogP) is 1.70. The zero-order valence-corrected chi connectivity index (χ0v) is 13.5. The van der Waals surface area contributed by atoms with Crippen molar-refractivity contribution in [1.29, 1.82) is 0 Å². The summed E-state index contributed by atoms with van der Waals surface area (Å²) < 4.78 is 28.4. The molecule has 2 N–H and O–H groups in total. The van der Waals surface area contributed by atoms with E-state index in [0.29, 0.717) is 26.2 Å². The second-order valence-electron chi connectivity index (χ2n) is 5.55. The number of benzene rings is 1. The SMILES string of the molecule is CN(Cc1ccccc1CN)S(=O)(=O)N1CCCCCC1. The van der Waals surface area contributed by atoms with Crippen molar-refractivity contribution in [2.24, 2.45) is 5.73 Å². The Labute approximate surface area is 127 Å². The lowest BCUT2D eigenvalue weighted by Crippen LogP contribution is -2.42. The minimum atomic E-state index is -3.38. The van der Waals surface area contributed by atoms with E-state index < -0.39 is 10.2 Å². The van der Waals surface area contributed by atoms with Gasteiger partial charge in [0.2, 0.25) is 0 Å². The Morgan fingerprint density at radius 1 is 1.10 bits per heavy atom. The van der Waals surface area contributed by atoms with Crippen molar-refractivity contribution < 1.29 is 8.42 Å². The van der Waals surface area contributed by atoms with Gasteiger partial charge in [0.15, 0.2) is 0 Å². The number of nitrogens with zero attached hydrogens (tertiary/aromatic N) is 2. The molecule has 5 nitrogen and oxygen atoms in total. The summed E-state index contributed by atoms with van der Waals surface area (Å²) in [4.78, 5) is 0. The molecule has 0 amide bonds. The van der Waals surface area contributed by atoms with E-state index in [1.807, 2.05) is 24.3 Å². The molecule has 0 radical (unpaired) electrons. The maximum absolute atomic E-state index is 12.7. The van der Waals surface area contributed by atoms with E-state index in [4.69, 9.17) is 5.73 Å². The van der Waals surface area contributed by atoms with Crippen LogP contribution in [0.2, 0.25) is 0 Å². The van der Waals surface area contributed by atoms with Gasteiger partial charge in [-0.2, -0.15) is 17.0 Å². The largest absolute Gasteiger partial charge is 0.326 e. The minimum absolute atomic E-state index is 0.367. The zero-order valence-electron chi connectivity index (χ0n) is 12.7. The molecule has 0 aliphatic carbocycles. The van der Waals surface area contributed by atoms with Crippen LogP contribution in [0.4, 0.5) is 0 Å². The van der Waals surface area contributed by atoms with Gasteiger partial charge in [0.1, 0.15) is 0 Å². The van der Waals surface area contributed by atoms with Crippen LogP contribution in [-0.2, 0) is 23.3 Å². The number of hydrogen-bond donors (Lipinski definition) is 1. The fourth-order valence-electron chi connectivity index (χ4n) is 2.70. The standard InChI is InChI=1S/C15H25N3O2S/c1-17(13-15-9-5-4-8-14(15)12-16)21(19,20)18-10-6-2-3-7-11-18/h4-5,8-9H,2-3,6-7,10-13,16H2,1H3. The Hall–Kier alpha value is -0.950. The van der Waals surface area contributed by atoms with Crippen LogP contribution in [0.15, 0.2) is 24.3 Å². The monoisotopic (exact) mass is 311 g/mol. The molecule has 2 rings (SSSR count). The number of rotatable bonds is 5. The maximum atomic E-state index is 12.7. The van der Waals surface area contributed by atoms with Gasteiger partial charge in [-0.1, -0.05) is 37.1 Å². The van der Waals surface area contributed by atoms with E-state index in [2.05, 4.69) is 0 Å². The molecule has 1 aromatic rings. The lowest BCUT2D eigenvalue weighted by Gasteiger charge is -2.27. The molecule has 0 spiro atoms. The average Bonchev–Trinajstić information content (AvgIpc) is 2.77. The van der Waals surface area contributed by atoms with Crippen molar-refractivity contribution in [1.82, 2.24) is 8.61 Å². The predicted molar refractivity (Wildman–Crippen MR) is 84.8 cm³/mol. The molecule has 0 unspecified atom stereocenters. The Bertz CT molecular complexity index is 552. The van der Waals surface area contributed by atoms with Gasteiger partial charge in [0.05, 0.1) is 0 Å². The van der Waals surface area contributed by atoms with Gasteiger partial charge in [-0.15, -0.1) is 0 Å². The summed E-state index contributed by atoms with van der Waals surface area (Å²) in [7, 11) is -1.74. The van der Waals surface area contributed by atoms with Crippen LogP contribution >= 0.6 is 0 Å². The Balaban J connectivity index is 2.12. The summed E-state index contributed by atoms with van der Waals surface area (Å²) in [6.45, 7) is 2.05. The molecule has 1 aliphatic heterocycles. The summed E-state index contributed by atoms with van der Waals surface area (Å²) in [5.41, 5.74) is 7.69. The first-order chi connectivity index (χ1) is 10.1. The normalized spacial score (nSPS) is 17.9. The molecular formula is C15H25N3O2S. The van der Waals surface area contributed by atoms with Crippen LogP contribution in [-0.4, -0.2) is 37.2 Å². The molecule has 1 saturated heterocycles. The molecule has 21 heavy (non-hydrogen) atoms. The van der Waals surface area contributed by atoms with Crippen molar-refractivity contribution in [3.05, 3.63) is 35.4 Å². The van der Waals surface area contributed by atoms with Gasteiger partial charge in [0.25, 0.3) is 10.2 Å². The summed E-state index contributed by atoms with van der Waals surface area (Å²) in [5, 5.41) is 0. The van der Waals surface area contributed by atoms with Gasteiger partial charge < -0.3 is 5.73 Å². The first kappa shape index (κ1) is 16.4. The summed E-state index contributed by atoms with van der Waals surface area (Å²) in [6, 6.07) is 7.73. The molecule has 1 aromatic carbocycles. The van der Waals surface area contributed by atoms with E-state index in [1.165, 1.54) is 4.31 Å². The van der Waals surface area contributed by atoms with E-state index in [9.17, 15) is 8.42 Å². The van der Waals surface area contributed by atoms with Gasteiger partial charge in [-0.25, -0.2) is 0 Å². The molecule has 0 aromatic heterocycles. The Morgan fingerprint density at radius 2 is 1.67 bits per heavy atom. The van der Waals surface area contributed by atoms with E-state index in [-0.39, 0.29) is 0 Å². The van der Waals surface area contributed by atoms with Crippen molar-refractivity contribution in [2.75, 3.05) is 20.1 Å². The van der Waals surface area contributed by atoms with Gasteiger partial charge in [0, 0.05) is 33.2 Å². The zero-order chi connectivity index (χ0) is 15.3. The lowest BCUT2D eigenvalue weighted by atomic mass is 10.1. The third kappa shape index (κ3) is 4.03. The van der Waals surface area contributed by atoms with Crippen LogP contribution in [0.3, 0.4) is 0 Å². The summed E-state index contributed by atoms with van der Waals surface area (Å²) in [5.74, 6) is 0. The van der Waals surface area contributed by atoms with Gasteiger partial charge in [-0.05, 0) is 24.0 Å². The van der Waals surface area contributed by atoms with Crippen LogP contribution in [0.5, 0.6) is 0 Å². The van der Waals surface area contributed by atoms with Crippen LogP contribution in [0.25, 0.3) is 0 Å². The summed E-state index contributed by atoms with van der Waals surface area (Å²) >= 11 is 0. The van der Waals surface area contributed by atoms with Gasteiger partial charge in [-0.3, -0.25) is 0 Å². The van der Waals surface area contributed by atoms with Crippen molar-refractivity contribution in [3.63, 3.8) is 0 Å². The molecule has 6 heteroatoms. The Kier molecular flexibility index (Phi) is 5.75. The maximum Gasteiger partial charge on any atom is 0.282 e. The highest BCUT2D eigenvalue weighted by Crippen LogP contribution is 2.18. The second kappa shape index (κ2) is 7.35. The lowest BCUT2D eigenvalue weighted by molar-refractivity contribution is 0.362. The minimum Gasteiger partial charge on any atom is -0.326 e. The first-order valence-corrected chi connectivity index (χ1v) is 8.93. The van der Waals surface area contributed by atoms with Crippen molar-refractivity contribution >= 4 is 10.2 Å². The molecule has 0 saturated carbocycles. The molecule has 1 heterocycles.